The Balaban J connectivity index is 1.58. The van der Waals surface area contributed by atoms with Gasteiger partial charge in [-0.2, -0.15) is 0 Å². The van der Waals surface area contributed by atoms with Crippen LogP contribution in [0.5, 0.6) is 0 Å². The number of carbonyl (C=O) groups is 2. The lowest BCUT2D eigenvalue weighted by atomic mass is 9.92. The van der Waals surface area contributed by atoms with Crippen molar-refractivity contribution >= 4 is 11.9 Å². The normalized spacial score (nSPS) is 20.3. The van der Waals surface area contributed by atoms with E-state index in [0.717, 1.165) is 140 Å². The molecule has 2 fully saturated rings. The van der Waals surface area contributed by atoms with Gasteiger partial charge in [-0.05, 0) is 77.0 Å². The fraction of sp³-hybridized carbons (Fsp3) is 0.875. The number of carboxylic acid groups (broad SMARTS) is 2. The van der Waals surface area contributed by atoms with Crippen molar-refractivity contribution in [3.8, 4) is 0 Å². The first-order valence-corrected chi connectivity index (χ1v) is 16.1. The van der Waals surface area contributed by atoms with Crippen LogP contribution in [0.3, 0.4) is 0 Å². The summed E-state index contributed by atoms with van der Waals surface area (Å²) >= 11 is 0. The predicted octanol–water partition coefficient (Wildman–Crippen LogP) is 7.78. The Bertz CT molecular complexity index is 637. The lowest BCUT2D eigenvalue weighted by Gasteiger charge is -2.22. The molecular weight excluding hydrogens is 512 g/mol. The van der Waals surface area contributed by atoms with Crippen molar-refractivity contribution in [3.05, 3.63) is 11.1 Å². The van der Waals surface area contributed by atoms with Crippen molar-refractivity contribution in [1.29, 1.82) is 0 Å². The molecule has 0 aromatic rings. The first-order chi connectivity index (χ1) is 19.5. The molecule has 232 valence electrons. The topological polar surface area (TPSA) is 112 Å². The summed E-state index contributed by atoms with van der Waals surface area (Å²) in [6.07, 6.45) is 20.6. The van der Waals surface area contributed by atoms with Gasteiger partial charge in [-0.1, -0.05) is 62.5 Å². The smallest absolute Gasteiger partial charge is 0.307 e. The number of aliphatic carboxylic acids is 2. The van der Waals surface area contributed by atoms with Gasteiger partial charge in [0.05, 0.1) is 12.8 Å². The first-order valence-electron chi connectivity index (χ1n) is 16.1. The lowest BCUT2D eigenvalue weighted by Crippen LogP contribution is -2.22. The third kappa shape index (κ3) is 18.1. The maximum Gasteiger partial charge on any atom is 0.307 e. The van der Waals surface area contributed by atoms with E-state index in [-0.39, 0.29) is 25.4 Å². The third-order valence-corrected chi connectivity index (χ3v) is 7.86. The van der Waals surface area contributed by atoms with Crippen molar-refractivity contribution < 1.29 is 38.7 Å². The van der Waals surface area contributed by atoms with Gasteiger partial charge in [0, 0.05) is 26.4 Å². The molecule has 2 unspecified atom stereocenters. The number of unbranched alkanes of at least 4 members (excludes halogenated alkanes) is 10. The Morgan fingerprint density at radius 1 is 0.550 bits per heavy atom. The van der Waals surface area contributed by atoms with Crippen LogP contribution in [0.4, 0.5) is 0 Å². The summed E-state index contributed by atoms with van der Waals surface area (Å²) in [5.41, 5.74) is 1.66. The summed E-state index contributed by atoms with van der Waals surface area (Å²) in [5.74, 6) is -1.75. The number of ether oxygens (including phenoxy) is 4. The molecule has 2 aliphatic rings. The van der Waals surface area contributed by atoms with Crippen molar-refractivity contribution in [1.82, 2.24) is 0 Å². The second-order valence-corrected chi connectivity index (χ2v) is 11.4. The van der Waals surface area contributed by atoms with Crippen LogP contribution in [0.1, 0.15) is 141 Å². The Hall–Kier alpha value is -1.48. The van der Waals surface area contributed by atoms with Gasteiger partial charge in [0.2, 0.25) is 0 Å². The Kier molecular flexibility index (Phi) is 20.1. The molecule has 8 nitrogen and oxygen atoms in total. The minimum atomic E-state index is -0.874. The maximum absolute atomic E-state index is 11.5. The molecule has 0 bridgehead atoms. The van der Waals surface area contributed by atoms with Crippen molar-refractivity contribution in [2.75, 3.05) is 26.4 Å². The molecule has 2 rings (SSSR count). The molecule has 2 heterocycles. The molecule has 2 aliphatic heterocycles. The van der Waals surface area contributed by atoms with E-state index in [1.165, 1.54) is 12.8 Å². The third-order valence-electron chi connectivity index (χ3n) is 7.86. The highest BCUT2D eigenvalue weighted by molar-refractivity contribution is 5.73. The molecule has 0 aromatic carbocycles. The predicted molar refractivity (Wildman–Crippen MR) is 155 cm³/mol. The zero-order valence-electron chi connectivity index (χ0n) is 24.9. The zero-order chi connectivity index (χ0) is 28.7. The molecule has 0 spiro atoms. The van der Waals surface area contributed by atoms with E-state index in [1.54, 1.807) is 0 Å². The van der Waals surface area contributed by atoms with Crippen molar-refractivity contribution in [3.63, 3.8) is 0 Å². The van der Waals surface area contributed by atoms with Crippen LogP contribution in [0, 0.1) is 0 Å². The zero-order valence-corrected chi connectivity index (χ0v) is 24.9. The highest BCUT2D eigenvalue weighted by Gasteiger charge is 2.16. The molecule has 0 radical (unpaired) electrons. The summed E-state index contributed by atoms with van der Waals surface area (Å²) in [4.78, 5) is 23.1. The number of hydrogen-bond donors (Lipinski definition) is 2. The SMILES string of the molecule is O=C(O)CC(CCCCCCCCOC1CCCCO1)=C(CCCCCCCCOC1CCCCO1)CC(=O)O. The van der Waals surface area contributed by atoms with Gasteiger partial charge in [0.1, 0.15) is 0 Å². The highest BCUT2D eigenvalue weighted by atomic mass is 16.7. The van der Waals surface area contributed by atoms with E-state index in [2.05, 4.69) is 0 Å². The fourth-order valence-electron chi connectivity index (χ4n) is 5.56. The summed E-state index contributed by atoms with van der Waals surface area (Å²) < 4.78 is 22.8. The van der Waals surface area contributed by atoms with Gasteiger partial charge in [0.15, 0.2) is 12.6 Å². The summed E-state index contributed by atoms with van der Waals surface area (Å²) in [6, 6.07) is 0. The molecule has 2 N–H and O–H groups in total. The molecule has 0 saturated carbocycles. The minimum absolute atomic E-state index is 0.0140. The lowest BCUT2D eigenvalue weighted by molar-refractivity contribution is -0.163. The monoisotopic (exact) mass is 568 g/mol. The second-order valence-electron chi connectivity index (χ2n) is 11.4. The van der Waals surface area contributed by atoms with Gasteiger partial charge < -0.3 is 29.2 Å². The van der Waals surface area contributed by atoms with Crippen LogP contribution >= 0.6 is 0 Å². The van der Waals surface area contributed by atoms with Gasteiger partial charge >= 0.3 is 11.9 Å². The van der Waals surface area contributed by atoms with Crippen LogP contribution < -0.4 is 0 Å². The Morgan fingerprint density at radius 3 is 1.27 bits per heavy atom. The molecule has 40 heavy (non-hydrogen) atoms. The quantitative estimate of drug-likeness (QED) is 0.0897. The average molecular weight is 569 g/mol. The Morgan fingerprint density at radius 2 is 0.925 bits per heavy atom. The molecule has 8 heteroatoms. The molecule has 0 aromatic heterocycles. The number of carboxylic acids is 2. The standard InChI is InChI=1S/C32H56O8/c33-29(34)25-27(17-9-5-1-3-7-13-21-37-31-19-11-15-23-39-31)28(26-30(35)36)18-10-6-2-4-8-14-22-38-32-20-12-16-24-40-32/h31-32H,1-26H2,(H,33,34)(H,35,36). The number of hydrogen-bond acceptors (Lipinski definition) is 6. The van der Waals surface area contributed by atoms with Crippen LogP contribution in [0.25, 0.3) is 0 Å². The van der Waals surface area contributed by atoms with Gasteiger partial charge in [-0.25, -0.2) is 0 Å². The second kappa shape index (κ2) is 23.1. The largest absolute Gasteiger partial charge is 0.481 e. The number of rotatable bonds is 24. The van der Waals surface area contributed by atoms with Gasteiger partial charge in [-0.3, -0.25) is 9.59 Å². The van der Waals surface area contributed by atoms with E-state index in [4.69, 9.17) is 18.9 Å². The minimum Gasteiger partial charge on any atom is -0.481 e. The Labute approximate surface area is 242 Å². The molecule has 2 atom stereocenters. The van der Waals surface area contributed by atoms with Gasteiger partial charge in [-0.15, -0.1) is 0 Å². The van der Waals surface area contributed by atoms with Crippen LogP contribution in [-0.2, 0) is 28.5 Å². The van der Waals surface area contributed by atoms with E-state index < -0.39 is 11.9 Å². The van der Waals surface area contributed by atoms with Crippen LogP contribution in [0.15, 0.2) is 11.1 Å². The fourth-order valence-corrected chi connectivity index (χ4v) is 5.56. The van der Waals surface area contributed by atoms with E-state index in [9.17, 15) is 19.8 Å². The van der Waals surface area contributed by atoms with Crippen LogP contribution in [0.2, 0.25) is 0 Å². The van der Waals surface area contributed by atoms with E-state index >= 15 is 0 Å². The van der Waals surface area contributed by atoms with E-state index in [1.807, 2.05) is 0 Å². The molecule has 2 saturated heterocycles. The van der Waals surface area contributed by atoms with Crippen molar-refractivity contribution in [2.45, 2.75) is 154 Å². The maximum atomic E-state index is 11.5. The summed E-state index contributed by atoms with van der Waals surface area (Å²) in [7, 11) is 0. The van der Waals surface area contributed by atoms with Crippen LogP contribution in [-0.4, -0.2) is 61.2 Å². The van der Waals surface area contributed by atoms with Crippen molar-refractivity contribution in [2.24, 2.45) is 0 Å². The summed E-state index contributed by atoms with van der Waals surface area (Å²) in [6.45, 7) is 3.12. The molecular formula is C32H56O8. The molecule has 0 aliphatic carbocycles. The summed E-state index contributed by atoms with van der Waals surface area (Å²) in [5, 5.41) is 18.9. The van der Waals surface area contributed by atoms with Gasteiger partial charge in [0.25, 0.3) is 0 Å². The average Bonchev–Trinajstić information content (AvgIpc) is 2.95. The first kappa shape index (κ1) is 34.7. The molecule has 0 amide bonds. The highest BCUT2D eigenvalue weighted by Crippen LogP contribution is 2.25. The van der Waals surface area contributed by atoms with E-state index in [0.29, 0.717) is 12.8 Å².